The van der Waals surface area contributed by atoms with Gasteiger partial charge in [-0.2, -0.15) is 4.98 Å². The van der Waals surface area contributed by atoms with Gasteiger partial charge in [0, 0.05) is 4.88 Å². The fourth-order valence-electron chi connectivity index (χ4n) is 1.15. The van der Waals surface area contributed by atoms with Crippen LogP contribution in [-0.4, -0.2) is 10.1 Å². The van der Waals surface area contributed by atoms with Crippen LogP contribution in [0.5, 0.6) is 0 Å². The van der Waals surface area contributed by atoms with Gasteiger partial charge in [0.2, 0.25) is 5.89 Å². The van der Waals surface area contributed by atoms with Crippen molar-refractivity contribution < 1.29 is 4.52 Å². The molecule has 2 N–H and O–H groups in total. The molecule has 0 saturated carbocycles. The number of nitrogens with zero attached hydrogens (tertiary/aromatic N) is 2. The van der Waals surface area contributed by atoms with E-state index in [0.717, 1.165) is 0 Å². The van der Waals surface area contributed by atoms with Crippen molar-refractivity contribution in [3.05, 3.63) is 34.1 Å². The van der Waals surface area contributed by atoms with Gasteiger partial charge in [-0.25, -0.2) is 0 Å². The van der Waals surface area contributed by atoms with E-state index < -0.39 is 5.54 Å². The summed E-state index contributed by atoms with van der Waals surface area (Å²) in [7, 11) is 0. The summed E-state index contributed by atoms with van der Waals surface area (Å²) in [6.07, 6.45) is 0.681. The second-order valence-corrected chi connectivity index (χ2v) is 5.02. The van der Waals surface area contributed by atoms with E-state index in [9.17, 15) is 0 Å². The molecule has 0 aromatic carbocycles. The molecule has 15 heavy (non-hydrogen) atoms. The molecule has 5 heteroatoms. The van der Waals surface area contributed by atoms with E-state index in [1.807, 2.05) is 31.4 Å². The Kier molecular flexibility index (Phi) is 2.58. The summed E-state index contributed by atoms with van der Waals surface area (Å²) in [4.78, 5) is 5.47. The lowest BCUT2D eigenvalue weighted by Gasteiger charge is -2.11. The molecular formula is C10H13N3OS. The van der Waals surface area contributed by atoms with Gasteiger partial charge < -0.3 is 10.3 Å². The SMILES string of the molecule is CC(C)(N)c1noc(Cc2cccs2)n1. The molecule has 0 aliphatic heterocycles. The maximum Gasteiger partial charge on any atom is 0.231 e. The Bertz CT molecular complexity index is 428. The Morgan fingerprint density at radius 2 is 2.33 bits per heavy atom. The van der Waals surface area contributed by atoms with Crippen molar-refractivity contribution in [1.29, 1.82) is 0 Å². The second-order valence-electron chi connectivity index (χ2n) is 3.99. The fraction of sp³-hybridized carbons (Fsp3) is 0.400. The first-order chi connectivity index (χ1) is 7.05. The zero-order valence-electron chi connectivity index (χ0n) is 8.73. The highest BCUT2D eigenvalue weighted by molar-refractivity contribution is 7.09. The van der Waals surface area contributed by atoms with Gasteiger partial charge in [0.15, 0.2) is 5.82 Å². The first kappa shape index (κ1) is 10.3. The topological polar surface area (TPSA) is 64.9 Å². The van der Waals surface area contributed by atoms with Crippen LogP contribution in [0.3, 0.4) is 0 Å². The first-order valence-electron chi connectivity index (χ1n) is 4.70. The maximum absolute atomic E-state index is 5.86. The van der Waals surface area contributed by atoms with Crippen molar-refractivity contribution in [2.24, 2.45) is 5.73 Å². The minimum atomic E-state index is -0.544. The van der Waals surface area contributed by atoms with Crippen LogP contribution in [0.1, 0.15) is 30.4 Å². The van der Waals surface area contributed by atoms with E-state index in [1.165, 1.54) is 4.88 Å². The summed E-state index contributed by atoms with van der Waals surface area (Å²) in [5.74, 6) is 1.17. The van der Waals surface area contributed by atoms with Crippen molar-refractivity contribution in [2.45, 2.75) is 25.8 Å². The van der Waals surface area contributed by atoms with Crippen LogP contribution in [0.4, 0.5) is 0 Å². The van der Waals surface area contributed by atoms with E-state index in [1.54, 1.807) is 11.3 Å². The van der Waals surface area contributed by atoms with Gasteiger partial charge in [0.05, 0.1) is 12.0 Å². The summed E-state index contributed by atoms with van der Waals surface area (Å²) in [6.45, 7) is 3.71. The molecule has 0 amide bonds. The molecule has 0 spiro atoms. The molecule has 0 radical (unpaired) electrons. The molecule has 0 unspecified atom stereocenters. The van der Waals surface area contributed by atoms with Crippen LogP contribution >= 0.6 is 11.3 Å². The highest BCUT2D eigenvalue weighted by Crippen LogP contribution is 2.16. The van der Waals surface area contributed by atoms with Crippen LogP contribution in [-0.2, 0) is 12.0 Å². The molecule has 0 saturated heterocycles. The minimum absolute atomic E-state index is 0.544. The zero-order valence-corrected chi connectivity index (χ0v) is 9.54. The normalized spacial score (nSPS) is 11.9. The van der Waals surface area contributed by atoms with Gasteiger partial charge in [-0.1, -0.05) is 11.2 Å². The number of aromatic nitrogens is 2. The van der Waals surface area contributed by atoms with Crippen LogP contribution in [0.2, 0.25) is 0 Å². The molecule has 2 aromatic heterocycles. The largest absolute Gasteiger partial charge is 0.339 e. The summed E-state index contributed by atoms with van der Waals surface area (Å²) in [5.41, 5.74) is 5.32. The summed E-state index contributed by atoms with van der Waals surface area (Å²) >= 11 is 1.68. The molecule has 2 heterocycles. The molecule has 80 valence electrons. The van der Waals surface area contributed by atoms with Crippen molar-refractivity contribution in [2.75, 3.05) is 0 Å². The molecule has 0 aliphatic carbocycles. The zero-order chi connectivity index (χ0) is 10.9. The molecule has 0 atom stereocenters. The Morgan fingerprint density at radius 3 is 2.87 bits per heavy atom. The smallest absolute Gasteiger partial charge is 0.231 e. The van der Waals surface area contributed by atoms with Crippen LogP contribution in [0.15, 0.2) is 22.0 Å². The highest BCUT2D eigenvalue weighted by atomic mass is 32.1. The maximum atomic E-state index is 5.86. The number of rotatable bonds is 3. The molecule has 4 nitrogen and oxygen atoms in total. The summed E-state index contributed by atoms with van der Waals surface area (Å²) in [6, 6.07) is 4.05. The predicted octanol–water partition coefficient (Wildman–Crippen LogP) is 1.92. The molecule has 0 bridgehead atoms. The summed E-state index contributed by atoms with van der Waals surface area (Å²) in [5, 5.41) is 5.89. The number of hydrogen-bond donors (Lipinski definition) is 1. The Morgan fingerprint density at radius 1 is 1.53 bits per heavy atom. The number of nitrogens with two attached hydrogens (primary N) is 1. The van der Waals surface area contributed by atoms with Gasteiger partial charge in [-0.05, 0) is 25.3 Å². The Balaban J connectivity index is 2.15. The Hall–Kier alpha value is -1.20. The van der Waals surface area contributed by atoms with E-state index in [-0.39, 0.29) is 0 Å². The molecular weight excluding hydrogens is 210 g/mol. The highest BCUT2D eigenvalue weighted by Gasteiger charge is 2.21. The van der Waals surface area contributed by atoms with Gasteiger partial charge in [-0.3, -0.25) is 0 Å². The lowest BCUT2D eigenvalue weighted by Crippen LogP contribution is -2.30. The van der Waals surface area contributed by atoms with Gasteiger partial charge >= 0.3 is 0 Å². The van der Waals surface area contributed by atoms with Crippen molar-refractivity contribution in [3.8, 4) is 0 Å². The third kappa shape index (κ3) is 2.43. The molecule has 0 aliphatic rings. The predicted molar refractivity (Wildman–Crippen MR) is 58.6 cm³/mol. The molecule has 2 rings (SSSR count). The third-order valence-electron chi connectivity index (χ3n) is 1.95. The minimum Gasteiger partial charge on any atom is -0.339 e. The number of thiophene rings is 1. The Labute approximate surface area is 92.1 Å². The van der Waals surface area contributed by atoms with Crippen LogP contribution in [0, 0.1) is 0 Å². The molecule has 0 fully saturated rings. The average molecular weight is 223 g/mol. The second kappa shape index (κ2) is 3.75. The third-order valence-corrected chi connectivity index (χ3v) is 2.83. The van der Waals surface area contributed by atoms with E-state index in [0.29, 0.717) is 18.1 Å². The fourth-order valence-corrected chi connectivity index (χ4v) is 1.85. The van der Waals surface area contributed by atoms with Crippen molar-refractivity contribution in [1.82, 2.24) is 10.1 Å². The van der Waals surface area contributed by atoms with Crippen molar-refractivity contribution in [3.63, 3.8) is 0 Å². The number of hydrogen-bond acceptors (Lipinski definition) is 5. The monoisotopic (exact) mass is 223 g/mol. The average Bonchev–Trinajstić information content (AvgIpc) is 2.73. The summed E-state index contributed by atoms with van der Waals surface area (Å²) < 4.78 is 5.13. The molecule has 2 aromatic rings. The standard InChI is InChI=1S/C10H13N3OS/c1-10(2,11)9-12-8(14-13-9)6-7-4-3-5-15-7/h3-5H,6,11H2,1-2H3. The van der Waals surface area contributed by atoms with E-state index >= 15 is 0 Å². The van der Waals surface area contributed by atoms with Gasteiger partial charge in [-0.15, -0.1) is 11.3 Å². The van der Waals surface area contributed by atoms with Crippen molar-refractivity contribution >= 4 is 11.3 Å². The van der Waals surface area contributed by atoms with Gasteiger partial charge in [0.25, 0.3) is 0 Å². The van der Waals surface area contributed by atoms with E-state index in [4.69, 9.17) is 10.3 Å². The first-order valence-corrected chi connectivity index (χ1v) is 5.58. The van der Waals surface area contributed by atoms with Crippen LogP contribution in [0.25, 0.3) is 0 Å². The lowest BCUT2D eigenvalue weighted by atomic mass is 10.1. The van der Waals surface area contributed by atoms with E-state index in [2.05, 4.69) is 10.1 Å². The quantitative estimate of drug-likeness (QED) is 0.863. The lowest BCUT2D eigenvalue weighted by molar-refractivity contribution is 0.366. The van der Waals surface area contributed by atoms with Crippen LogP contribution < -0.4 is 5.73 Å². The van der Waals surface area contributed by atoms with Gasteiger partial charge in [0.1, 0.15) is 0 Å².